The van der Waals surface area contributed by atoms with E-state index in [2.05, 4.69) is 100 Å². The second-order valence-electron chi connectivity index (χ2n) is 14.6. The molecule has 0 spiro atoms. The second-order valence-corrected chi connectivity index (χ2v) is 14.6. The van der Waals surface area contributed by atoms with Crippen molar-refractivity contribution >= 4 is 49.4 Å². The Hall–Kier alpha value is -8.65. The number of para-hydroxylation sites is 3. The molecule has 0 aliphatic heterocycles. The number of benzene rings is 8. The van der Waals surface area contributed by atoms with E-state index in [1.54, 1.807) is 6.07 Å². The molecule has 0 saturated carbocycles. The monoisotopic (exact) mass is 766 g/mol. The average molecular weight is 767 g/mol. The van der Waals surface area contributed by atoms with Gasteiger partial charge >= 0.3 is 0 Å². The maximum absolute atomic E-state index is 9.76. The van der Waals surface area contributed by atoms with Crippen LogP contribution in [0.15, 0.2) is 186 Å². The van der Waals surface area contributed by atoms with Crippen molar-refractivity contribution in [1.82, 2.24) is 19.5 Å². The standard InChI is InChI=1S/C53H30N6O/c1-55-39-28-33(32-54)27-38(29-39)36-23-25-47-44(30-36)41-17-8-10-21-46(41)59(47)48-26-24-37(40-19-12-20-43-42-18-9-11-22-49(42)60-50(40)43)31-45(48)53-57-51(34-13-4-2-5-14-34)56-52(58-53)35-15-6-3-7-16-35/h2-31H. The van der Waals surface area contributed by atoms with Gasteiger partial charge in [-0.3, -0.25) is 0 Å². The van der Waals surface area contributed by atoms with Gasteiger partial charge in [-0.2, -0.15) is 5.26 Å². The van der Waals surface area contributed by atoms with E-state index >= 15 is 0 Å². The topological polar surface area (TPSA) is 84.9 Å². The molecule has 0 unspecified atom stereocenters. The minimum atomic E-state index is 0.428. The molecule has 0 amide bonds. The Morgan fingerprint density at radius 1 is 0.483 bits per heavy atom. The molecule has 0 aliphatic carbocycles. The molecular weight excluding hydrogens is 737 g/mol. The van der Waals surface area contributed by atoms with Crippen LogP contribution in [-0.4, -0.2) is 19.5 Å². The molecule has 0 fully saturated rings. The highest BCUT2D eigenvalue weighted by Gasteiger charge is 2.22. The van der Waals surface area contributed by atoms with E-state index in [9.17, 15) is 5.26 Å². The number of hydrogen-bond acceptors (Lipinski definition) is 5. The molecule has 8 aromatic carbocycles. The number of hydrogen-bond donors (Lipinski definition) is 0. The largest absolute Gasteiger partial charge is 0.455 e. The van der Waals surface area contributed by atoms with Crippen LogP contribution in [0.3, 0.4) is 0 Å². The number of nitrogens with zero attached hydrogens (tertiary/aromatic N) is 6. The maximum atomic E-state index is 9.76. The molecule has 7 nitrogen and oxygen atoms in total. The van der Waals surface area contributed by atoms with Gasteiger partial charge < -0.3 is 8.98 Å². The summed E-state index contributed by atoms with van der Waals surface area (Å²) in [6.07, 6.45) is 0. The van der Waals surface area contributed by atoms with Crippen LogP contribution in [0.25, 0.3) is 111 Å². The molecular formula is C53H30N6O. The SMILES string of the molecule is [C-]#[N+]c1cc(C#N)cc(-c2ccc3c(c2)c2ccccc2n3-c2ccc(-c3cccc4c3oc3ccccc34)cc2-c2nc(-c3ccccc3)nc(-c3ccccc3)n2)c1. The Morgan fingerprint density at radius 2 is 1.13 bits per heavy atom. The van der Waals surface area contributed by atoms with Crippen LogP contribution in [0.1, 0.15) is 5.56 Å². The Labute approximate surface area is 344 Å². The summed E-state index contributed by atoms with van der Waals surface area (Å²) in [5.74, 6) is 1.67. The van der Waals surface area contributed by atoms with Crippen LogP contribution in [0.4, 0.5) is 5.69 Å². The van der Waals surface area contributed by atoms with Crippen LogP contribution in [0.2, 0.25) is 0 Å². The number of nitriles is 1. The zero-order valence-corrected chi connectivity index (χ0v) is 31.9. The van der Waals surface area contributed by atoms with Gasteiger partial charge in [0.1, 0.15) is 11.2 Å². The Bertz CT molecular complexity index is 3480. The lowest BCUT2D eigenvalue weighted by Gasteiger charge is -2.16. The van der Waals surface area contributed by atoms with Crippen molar-refractivity contribution in [3.8, 4) is 68.2 Å². The van der Waals surface area contributed by atoms with Gasteiger partial charge in [-0.15, -0.1) is 0 Å². The summed E-state index contributed by atoms with van der Waals surface area (Å²) >= 11 is 0. The second kappa shape index (κ2) is 14.1. The molecule has 0 bridgehead atoms. The fourth-order valence-corrected chi connectivity index (χ4v) is 8.30. The minimum Gasteiger partial charge on any atom is -0.455 e. The van der Waals surface area contributed by atoms with Gasteiger partial charge in [0.2, 0.25) is 0 Å². The number of furan rings is 1. The van der Waals surface area contributed by atoms with Crippen molar-refractivity contribution in [2.45, 2.75) is 0 Å². The summed E-state index contributed by atoms with van der Waals surface area (Å²) in [5.41, 5.74) is 11.6. The number of aromatic nitrogens is 4. The van der Waals surface area contributed by atoms with E-state index in [1.807, 2.05) is 91.0 Å². The maximum Gasteiger partial charge on any atom is 0.189 e. The molecule has 0 atom stereocenters. The van der Waals surface area contributed by atoms with Gasteiger partial charge in [0, 0.05) is 49.4 Å². The Morgan fingerprint density at radius 3 is 1.88 bits per heavy atom. The van der Waals surface area contributed by atoms with Crippen molar-refractivity contribution in [2.24, 2.45) is 0 Å². The Balaban J connectivity index is 1.20. The zero-order valence-electron chi connectivity index (χ0n) is 31.9. The molecule has 60 heavy (non-hydrogen) atoms. The van der Waals surface area contributed by atoms with Crippen LogP contribution in [0.5, 0.6) is 0 Å². The van der Waals surface area contributed by atoms with Crippen molar-refractivity contribution in [3.05, 3.63) is 199 Å². The fourth-order valence-electron chi connectivity index (χ4n) is 8.30. The van der Waals surface area contributed by atoms with E-state index in [1.165, 1.54) is 0 Å². The lowest BCUT2D eigenvalue weighted by Crippen LogP contribution is -2.04. The van der Waals surface area contributed by atoms with Crippen molar-refractivity contribution in [1.29, 1.82) is 5.26 Å². The van der Waals surface area contributed by atoms with Crippen molar-refractivity contribution in [2.75, 3.05) is 0 Å². The van der Waals surface area contributed by atoms with Crippen LogP contribution in [0, 0.1) is 17.9 Å². The summed E-state index contributed by atoms with van der Waals surface area (Å²) in [5, 5.41) is 14.0. The molecule has 3 aromatic heterocycles. The van der Waals surface area contributed by atoms with E-state index in [-0.39, 0.29) is 0 Å². The fraction of sp³-hybridized carbons (Fsp3) is 0. The van der Waals surface area contributed by atoms with Crippen LogP contribution >= 0.6 is 0 Å². The summed E-state index contributed by atoms with van der Waals surface area (Å²) in [6, 6.07) is 63.1. The van der Waals surface area contributed by atoms with E-state index in [0.717, 1.165) is 88.4 Å². The molecule has 11 aromatic rings. The van der Waals surface area contributed by atoms with Gasteiger partial charge in [0.15, 0.2) is 23.2 Å². The molecule has 7 heteroatoms. The zero-order chi connectivity index (χ0) is 40.2. The van der Waals surface area contributed by atoms with E-state index in [4.69, 9.17) is 25.9 Å². The molecule has 0 N–H and O–H groups in total. The summed E-state index contributed by atoms with van der Waals surface area (Å²) < 4.78 is 8.83. The average Bonchev–Trinajstić information content (AvgIpc) is 3.87. The van der Waals surface area contributed by atoms with Gasteiger partial charge in [0.25, 0.3) is 0 Å². The third-order valence-electron chi connectivity index (χ3n) is 11.1. The highest BCUT2D eigenvalue weighted by atomic mass is 16.3. The predicted molar refractivity (Wildman–Crippen MR) is 240 cm³/mol. The predicted octanol–water partition coefficient (Wildman–Crippen LogP) is 13.6. The van der Waals surface area contributed by atoms with Crippen LogP contribution < -0.4 is 0 Å². The smallest absolute Gasteiger partial charge is 0.189 e. The van der Waals surface area contributed by atoms with Gasteiger partial charge in [-0.25, -0.2) is 19.8 Å². The molecule has 0 saturated heterocycles. The van der Waals surface area contributed by atoms with Crippen LogP contribution in [-0.2, 0) is 0 Å². The first kappa shape index (κ1) is 34.6. The van der Waals surface area contributed by atoms with Gasteiger partial charge in [0.05, 0.1) is 29.4 Å². The normalized spacial score (nSPS) is 11.3. The lowest BCUT2D eigenvalue weighted by atomic mass is 9.98. The molecule has 0 radical (unpaired) electrons. The molecule has 0 aliphatic rings. The first-order chi connectivity index (χ1) is 29.6. The minimum absolute atomic E-state index is 0.428. The van der Waals surface area contributed by atoms with E-state index < -0.39 is 0 Å². The first-order valence-corrected chi connectivity index (χ1v) is 19.5. The molecule has 3 heterocycles. The summed E-state index contributed by atoms with van der Waals surface area (Å²) in [7, 11) is 0. The van der Waals surface area contributed by atoms with Gasteiger partial charge in [-0.1, -0.05) is 127 Å². The third-order valence-corrected chi connectivity index (χ3v) is 11.1. The summed E-state index contributed by atoms with van der Waals surface area (Å²) in [6.45, 7) is 7.66. The first-order valence-electron chi connectivity index (χ1n) is 19.5. The Kier molecular flexibility index (Phi) is 8.11. The third kappa shape index (κ3) is 5.77. The van der Waals surface area contributed by atoms with E-state index in [0.29, 0.717) is 28.7 Å². The number of fused-ring (bicyclic) bond motifs is 6. The lowest BCUT2D eigenvalue weighted by molar-refractivity contribution is 0.670. The van der Waals surface area contributed by atoms with Gasteiger partial charge in [-0.05, 0) is 71.3 Å². The summed E-state index contributed by atoms with van der Waals surface area (Å²) in [4.78, 5) is 19.1. The molecule has 11 rings (SSSR count). The highest BCUT2D eigenvalue weighted by Crippen LogP contribution is 2.42. The number of rotatable bonds is 6. The highest BCUT2D eigenvalue weighted by molar-refractivity contribution is 6.12. The quantitative estimate of drug-likeness (QED) is 0.157. The van der Waals surface area contributed by atoms with Crippen molar-refractivity contribution < 1.29 is 4.42 Å². The van der Waals surface area contributed by atoms with Crippen molar-refractivity contribution in [3.63, 3.8) is 0 Å². The molecule has 278 valence electrons.